The summed E-state index contributed by atoms with van der Waals surface area (Å²) in [5, 5.41) is 20.3. The van der Waals surface area contributed by atoms with Crippen molar-refractivity contribution in [3.8, 4) is 11.1 Å². The molecule has 0 spiro atoms. The average Bonchev–Trinajstić information content (AvgIpc) is 3.26. The molecule has 0 radical (unpaired) electrons. The molecule has 2 heterocycles. The number of nitrogens with zero attached hydrogens (tertiary/aromatic N) is 2. The largest absolute Gasteiger partial charge is 2.00 e. The zero-order valence-electron chi connectivity index (χ0n) is 22.2. The number of H-pyrrole nitrogens is 1. The van der Waals surface area contributed by atoms with Crippen molar-refractivity contribution in [3.05, 3.63) is 106 Å². The fourth-order valence-corrected chi connectivity index (χ4v) is 4.85. The Morgan fingerprint density at radius 1 is 0.974 bits per heavy atom. The summed E-state index contributed by atoms with van der Waals surface area (Å²) in [6, 6.07) is 22.9. The summed E-state index contributed by atoms with van der Waals surface area (Å²) in [6.45, 7) is 5.55. The van der Waals surface area contributed by atoms with E-state index in [9.17, 15) is 14.7 Å². The number of fused-ring (bicyclic) bond motifs is 4. The van der Waals surface area contributed by atoms with Gasteiger partial charge in [0.15, 0.2) is 0 Å². The van der Waals surface area contributed by atoms with E-state index in [1.165, 1.54) is 0 Å². The zero-order valence-corrected chi connectivity index (χ0v) is 26.3. The Bertz CT molecular complexity index is 1730. The molecule has 4 aromatic carbocycles. The maximum atomic E-state index is 12.1. The molecule has 1 aliphatic heterocycles. The first-order chi connectivity index (χ1) is 18.1. The van der Waals surface area contributed by atoms with E-state index in [1.807, 2.05) is 61.5 Å². The number of amides is 2. The van der Waals surface area contributed by atoms with E-state index >= 15 is 0 Å². The van der Waals surface area contributed by atoms with E-state index in [2.05, 4.69) is 21.7 Å². The van der Waals surface area contributed by atoms with Crippen molar-refractivity contribution < 1.29 is 45.8 Å². The second-order valence-electron chi connectivity index (χ2n) is 9.83. The molecule has 1 aromatic heterocycles. The Balaban J connectivity index is 0.000000297. The Hall–Kier alpha value is -3.57. The fourth-order valence-electron chi connectivity index (χ4n) is 4.85. The van der Waals surface area contributed by atoms with Gasteiger partial charge in [-0.3, -0.25) is 4.79 Å². The number of nitrogens with two attached hydrogens (primary N) is 1. The quantitative estimate of drug-likeness (QED) is 0.182. The third-order valence-electron chi connectivity index (χ3n) is 6.92. The van der Waals surface area contributed by atoms with Crippen LogP contribution in [-0.4, -0.2) is 29.0 Å². The summed E-state index contributed by atoms with van der Waals surface area (Å²) >= 11 is 0. The molecular formula is C31H28N4O3U. The first-order valence-corrected chi connectivity index (χ1v) is 12.3. The van der Waals surface area contributed by atoms with E-state index < -0.39 is 11.5 Å². The number of nitrogens with one attached hydrogen (secondary N) is 1. The standard InChI is InChI=1S/C24H24N3O2.C7H5NO.U/c1-13-15(6-5-7-19(13)26-4)16-10-11-18(23(25)28)22-21(16)17-9-8-14(24(2,3)29)12-20(17)27-22;9-7-5-3-1-2-4-6(5)8-7;/h5-12,29H,1-4H3,(H3,25,27,28);1-4H,(H,8,9);/q-1;;+2/p-1. The predicted octanol–water partition coefficient (Wildman–Crippen LogP) is 7.10. The second-order valence-corrected chi connectivity index (χ2v) is 9.83. The molecule has 1 aliphatic rings. The minimum Gasteiger partial charge on any atom is -0.687 e. The summed E-state index contributed by atoms with van der Waals surface area (Å²) < 4.78 is 0. The molecule has 6 rings (SSSR count). The Kier molecular flexibility index (Phi) is 7.95. The molecule has 0 aliphatic carbocycles. The molecule has 0 unspecified atom stereocenters. The topological polar surface area (TPSA) is 124 Å². The van der Waals surface area contributed by atoms with E-state index in [4.69, 9.17) is 5.73 Å². The third-order valence-corrected chi connectivity index (χ3v) is 6.92. The van der Waals surface area contributed by atoms with Crippen LogP contribution in [0.3, 0.4) is 0 Å². The van der Waals surface area contributed by atoms with Crippen LogP contribution < -0.4 is 5.73 Å². The maximum Gasteiger partial charge on any atom is 2.00 e. The van der Waals surface area contributed by atoms with Gasteiger partial charge in [-0.2, -0.15) is 0 Å². The molecular weight excluding hydrogens is 714 g/mol. The van der Waals surface area contributed by atoms with Gasteiger partial charge in [0.2, 0.25) is 0 Å². The van der Waals surface area contributed by atoms with Crippen molar-refractivity contribution in [1.29, 1.82) is 0 Å². The molecule has 7 nitrogen and oxygen atoms in total. The average molecular weight is 743 g/mol. The fraction of sp³-hybridized carbons (Fsp3) is 0.161. The van der Waals surface area contributed by atoms with Gasteiger partial charge >= 0.3 is 31.1 Å². The normalized spacial score (nSPS) is 12.0. The molecule has 4 N–H and O–H groups in total. The first kappa shape index (κ1) is 28.4. The van der Waals surface area contributed by atoms with Crippen LogP contribution in [0, 0.1) is 38.0 Å². The van der Waals surface area contributed by atoms with Crippen LogP contribution in [0.15, 0.2) is 72.8 Å². The molecule has 2 amide bonds. The van der Waals surface area contributed by atoms with Gasteiger partial charge in [-0.05, 0) is 55.2 Å². The minimum atomic E-state index is -0.964. The number of hydrogen-bond acceptors (Lipinski definition) is 3. The number of aromatic nitrogens is 1. The third kappa shape index (κ3) is 5.20. The molecule has 0 atom stereocenters. The molecule has 0 saturated carbocycles. The van der Waals surface area contributed by atoms with Crippen LogP contribution in [0.5, 0.6) is 0 Å². The van der Waals surface area contributed by atoms with E-state index in [0.717, 1.165) is 55.5 Å². The molecule has 8 heteroatoms. The van der Waals surface area contributed by atoms with Crippen LogP contribution in [0.2, 0.25) is 0 Å². The van der Waals surface area contributed by atoms with Crippen LogP contribution in [0.1, 0.15) is 45.7 Å². The number of rotatable bonds is 4. The zero-order chi connectivity index (χ0) is 27.2. The van der Waals surface area contributed by atoms with Crippen molar-refractivity contribution in [3.63, 3.8) is 0 Å². The SMILES string of the molecule is C[N-]c1cccc(-c2ccc(C(N)=O)c3[nH]c4cc(C(C)(C)O)ccc4c23)c1C.O=C1[N-]c2ccccc21.[U+2]. The van der Waals surface area contributed by atoms with Gasteiger partial charge in [0.25, 0.3) is 5.91 Å². The van der Waals surface area contributed by atoms with Crippen LogP contribution in [0.25, 0.3) is 43.6 Å². The molecule has 0 bridgehead atoms. The summed E-state index contributed by atoms with van der Waals surface area (Å²) in [5.41, 5.74) is 13.1. The van der Waals surface area contributed by atoms with Gasteiger partial charge in [-0.1, -0.05) is 66.2 Å². The number of para-hydroxylation sites is 1. The molecule has 194 valence electrons. The number of carbonyl (C=O) groups excluding carboxylic acids is 2. The van der Waals surface area contributed by atoms with Crippen LogP contribution >= 0.6 is 0 Å². The summed E-state index contributed by atoms with van der Waals surface area (Å²) in [6.07, 6.45) is 0. The van der Waals surface area contributed by atoms with Gasteiger partial charge in [-0.15, -0.1) is 18.4 Å². The minimum absolute atomic E-state index is 0. The van der Waals surface area contributed by atoms with Crippen molar-refractivity contribution >= 4 is 45.0 Å². The Morgan fingerprint density at radius 2 is 1.69 bits per heavy atom. The molecule has 0 fully saturated rings. The molecule has 39 heavy (non-hydrogen) atoms. The molecule has 0 saturated heterocycles. The summed E-state index contributed by atoms with van der Waals surface area (Å²) in [4.78, 5) is 26.0. The number of aromatic amines is 1. The number of primary amides is 1. The molecule has 5 aromatic rings. The summed E-state index contributed by atoms with van der Waals surface area (Å²) in [7, 11) is 1.78. The Labute approximate surface area is 250 Å². The van der Waals surface area contributed by atoms with Crippen molar-refractivity contribution in [2.75, 3.05) is 7.05 Å². The first-order valence-electron chi connectivity index (χ1n) is 12.3. The number of benzene rings is 4. The van der Waals surface area contributed by atoms with Gasteiger partial charge in [0, 0.05) is 16.3 Å². The monoisotopic (exact) mass is 742 g/mol. The van der Waals surface area contributed by atoms with Crippen LogP contribution in [0.4, 0.5) is 11.4 Å². The maximum absolute atomic E-state index is 12.1. The predicted molar refractivity (Wildman–Crippen MR) is 152 cm³/mol. The van der Waals surface area contributed by atoms with Gasteiger partial charge in [0.1, 0.15) is 0 Å². The number of aliphatic hydroxyl groups is 1. The van der Waals surface area contributed by atoms with Crippen LogP contribution in [-0.2, 0) is 5.60 Å². The van der Waals surface area contributed by atoms with Gasteiger partial charge in [0.05, 0.1) is 22.6 Å². The van der Waals surface area contributed by atoms with Gasteiger partial charge in [-0.25, -0.2) is 0 Å². The summed E-state index contributed by atoms with van der Waals surface area (Å²) in [5.74, 6) is -0.574. The number of carbonyl (C=O) groups is 2. The van der Waals surface area contributed by atoms with Crippen molar-refractivity contribution in [2.24, 2.45) is 5.73 Å². The van der Waals surface area contributed by atoms with Crippen molar-refractivity contribution in [1.82, 2.24) is 4.98 Å². The van der Waals surface area contributed by atoms with Gasteiger partial charge < -0.3 is 31.3 Å². The smallest absolute Gasteiger partial charge is 0.687 e. The Morgan fingerprint density at radius 3 is 2.31 bits per heavy atom. The van der Waals surface area contributed by atoms with Crippen molar-refractivity contribution in [2.45, 2.75) is 26.4 Å². The second kappa shape index (κ2) is 10.9. The van der Waals surface area contributed by atoms with E-state index in [-0.39, 0.29) is 37.0 Å². The van der Waals surface area contributed by atoms with E-state index in [1.54, 1.807) is 33.0 Å². The number of hydrogen-bond donors (Lipinski definition) is 3. The van der Waals surface area contributed by atoms with E-state index in [0.29, 0.717) is 11.1 Å².